The first-order valence-electron chi connectivity index (χ1n) is 7.52. The maximum atomic E-state index is 11.9. The van der Waals surface area contributed by atoms with Crippen molar-refractivity contribution in [2.75, 3.05) is 19.8 Å². The lowest BCUT2D eigenvalue weighted by molar-refractivity contribution is -0.139. The van der Waals surface area contributed by atoms with Crippen LogP contribution in [0.15, 0.2) is 21.9 Å². The van der Waals surface area contributed by atoms with Crippen LogP contribution in [0.5, 0.6) is 0 Å². The second-order valence-electron chi connectivity index (χ2n) is 5.64. The van der Waals surface area contributed by atoms with E-state index >= 15 is 0 Å². The average molecular weight is 324 g/mol. The molecular weight excluding hydrogens is 300 g/mol. The van der Waals surface area contributed by atoms with Crippen LogP contribution in [0.3, 0.4) is 0 Å². The summed E-state index contributed by atoms with van der Waals surface area (Å²) in [7, 11) is 2.92. The molecule has 0 atom stereocenters. The number of ether oxygens (including phenoxy) is 2. The second-order valence-corrected chi connectivity index (χ2v) is 5.64. The van der Waals surface area contributed by atoms with Gasteiger partial charge in [-0.2, -0.15) is 0 Å². The molecule has 0 radical (unpaired) electrons. The summed E-state index contributed by atoms with van der Waals surface area (Å²) in [6.07, 6.45) is 4.84. The highest BCUT2D eigenvalue weighted by atomic mass is 16.6. The van der Waals surface area contributed by atoms with Crippen LogP contribution in [-0.4, -0.2) is 34.9 Å². The fourth-order valence-electron chi connectivity index (χ4n) is 1.78. The van der Waals surface area contributed by atoms with Crippen LogP contribution in [0, 0.1) is 5.92 Å². The third kappa shape index (κ3) is 6.23. The van der Waals surface area contributed by atoms with Crippen molar-refractivity contribution in [3.63, 3.8) is 0 Å². The van der Waals surface area contributed by atoms with Gasteiger partial charge in [-0.3, -0.25) is 9.36 Å². The summed E-state index contributed by atoms with van der Waals surface area (Å²) in [6, 6.07) is 0. The Hall–Kier alpha value is -2.15. The monoisotopic (exact) mass is 324 g/mol. The van der Waals surface area contributed by atoms with Gasteiger partial charge in [0.15, 0.2) is 0 Å². The minimum Gasteiger partial charge on any atom is -0.460 e. The van der Waals surface area contributed by atoms with Gasteiger partial charge in [-0.25, -0.2) is 9.59 Å². The molecule has 0 amide bonds. The lowest BCUT2D eigenvalue weighted by atomic mass is 10.1. The third-order valence-corrected chi connectivity index (χ3v) is 3.18. The minimum absolute atomic E-state index is 0.159. The molecule has 128 valence electrons. The first-order chi connectivity index (χ1) is 10.8. The van der Waals surface area contributed by atoms with E-state index in [1.54, 1.807) is 0 Å². The number of aryl methyl sites for hydroxylation is 1. The topological polar surface area (TPSA) is 79.5 Å². The zero-order chi connectivity index (χ0) is 17.4. The molecule has 1 aromatic rings. The number of hydrogen-bond donors (Lipinski definition) is 0. The first kappa shape index (κ1) is 18.9. The van der Waals surface area contributed by atoms with Crippen LogP contribution in [0.1, 0.15) is 25.8 Å². The lowest BCUT2D eigenvalue weighted by Gasteiger charge is -2.06. The van der Waals surface area contributed by atoms with Crippen molar-refractivity contribution in [3.8, 4) is 0 Å². The van der Waals surface area contributed by atoms with Crippen molar-refractivity contribution in [1.82, 2.24) is 9.13 Å². The van der Waals surface area contributed by atoms with Gasteiger partial charge in [0, 0.05) is 33.0 Å². The van der Waals surface area contributed by atoms with Crippen LogP contribution in [-0.2, 0) is 28.4 Å². The van der Waals surface area contributed by atoms with Gasteiger partial charge in [-0.15, -0.1) is 0 Å². The Morgan fingerprint density at radius 2 is 1.91 bits per heavy atom. The maximum absolute atomic E-state index is 11.9. The van der Waals surface area contributed by atoms with Crippen LogP contribution >= 0.6 is 0 Å². The van der Waals surface area contributed by atoms with Gasteiger partial charge >= 0.3 is 11.7 Å². The van der Waals surface area contributed by atoms with E-state index in [1.165, 1.54) is 30.9 Å². The van der Waals surface area contributed by atoms with Gasteiger partial charge in [-0.1, -0.05) is 13.8 Å². The van der Waals surface area contributed by atoms with Crippen LogP contribution in [0.2, 0.25) is 0 Å². The molecule has 0 unspecified atom stereocenters. The van der Waals surface area contributed by atoms with Crippen molar-refractivity contribution >= 4 is 12.0 Å². The van der Waals surface area contributed by atoms with E-state index in [0.29, 0.717) is 19.1 Å². The van der Waals surface area contributed by atoms with Crippen LogP contribution in [0.25, 0.3) is 6.08 Å². The molecule has 1 aromatic heterocycles. The molecule has 0 aliphatic heterocycles. The van der Waals surface area contributed by atoms with Crippen LogP contribution in [0.4, 0.5) is 0 Å². The summed E-state index contributed by atoms with van der Waals surface area (Å²) < 4.78 is 12.5. The number of carbonyl (C=O) groups excluding carboxylic acids is 1. The number of esters is 1. The molecule has 1 rings (SSSR count). The normalized spacial score (nSPS) is 11.3. The van der Waals surface area contributed by atoms with Crippen LogP contribution < -0.4 is 11.2 Å². The average Bonchev–Trinajstić information content (AvgIpc) is 2.50. The predicted molar refractivity (Wildman–Crippen MR) is 87.2 cm³/mol. The molecule has 1 heterocycles. The van der Waals surface area contributed by atoms with E-state index in [1.807, 2.05) is 0 Å². The van der Waals surface area contributed by atoms with Crippen molar-refractivity contribution in [3.05, 3.63) is 38.7 Å². The van der Waals surface area contributed by atoms with E-state index in [0.717, 1.165) is 17.1 Å². The minimum atomic E-state index is -0.562. The SMILES string of the molecule is CC(C)CCOCCOC(=O)C=Cc1cn(C)c(=O)n(C)c1=O. The Morgan fingerprint density at radius 3 is 2.57 bits per heavy atom. The van der Waals surface area contributed by atoms with Crippen molar-refractivity contribution in [1.29, 1.82) is 0 Å². The molecule has 0 saturated heterocycles. The molecule has 0 fully saturated rings. The standard InChI is InChI=1S/C16H24N2O5/c1-12(2)7-8-22-9-10-23-14(19)6-5-13-11-17(3)16(21)18(4)15(13)20/h5-6,11-12H,7-10H2,1-4H3. The number of aromatic nitrogens is 2. The summed E-state index contributed by atoms with van der Waals surface area (Å²) in [5, 5.41) is 0. The predicted octanol–water partition coefficient (Wildman–Crippen LogP) is 0.703. The molecule has 0 spiro atoms. The van der Waals surface area contributed by atoms with E-state index in [2.05, 4.69) is 13.8 Å². The van der Waals surface area contributed by atoms with Crippen molar-refractivity contribution < 1.29 is 14.3 Å². The smallest absolute Gasteiger partial charge is 0.330 e. The largest absolute Gasteiger partial charge is 0.460 e. The Kier molecular flexibility index (Phi) is 7.47. The number of rotatable bonds is 8. The van der Waals surface area contributed by atoms with Gasteiger partial charge in [0.05, 0.1) is 12.2 Å². The van der Waals surface area contributed by atoms with E-state index in [-0.39, 0.29) is 12.2 Å². The van der Waals surface area contributed by atoms with Gasteiger partial charge < -0.3 is 14.0 Å². The van der Waals surface area contributed by atoms with E-state index in [4.69, 9.17) is 9.47 Å². The first-order valence-corrected chi connectivity index (χ1v) is 7.52. The fraction of sp³-hybridized carbons (Fsp3) is 0.562. The van der Waals surface area contributed by atoms with Crippen molar-refractivity contribution in [2.24, 2.45) is 20.0 Å². The number of hydrogen-bond acceptors (Lipinski definition) is 5. The Morgan fingerprint density at radius 1 is 1.22 bits per heavy atom. The molecule has 0 bridgehead atoms. The highest BCUT2D eigenvalue weighted by Crippen LogP contribution is 1.98. The zero-order valence-electron chi connectivity index (χ0n) is 14.1. The molecule has 23 heavy (non-hydrogen) atoms. The maximum Gasteiger partial charge on any atom is 0.330 e. The van der Waals surface area contributed by atoms with Crippen molar-refractivity contribution in [2.45, 2.75) is 20.3 Å². The second kappa shape index (κ2) is 9.09. The Bertz CT molecular complexity index is 670. The van der Waals surface area contributed by atoms with Gasteiger partial charge in [0.25, 0.3) is 5.56 Å². The molecule has 7 heteroatoms. The highest BCUT2D eigenvalue weighted by molar-refractivity contribution is 5.86. The van der Waals surface area contributed by atoms with Gasteiger partial charge in [0.1, 0.15) is 6.61 Å². The highest BCUT2D eigenvalue weighted by Gasteiger charge is 2.05. The van der Waals surface area contributed by atoms with E-state index < -0.39 is 17.2 Å². The Balaban J connectivity index is 2.48. The number of nitrogens with zero attached hydrogens (tertiary/aromatic N) is 2. The fourth-order valence-corrected chi connectivity index (χ4v) is 1.78. The number of carbonyl (C=O) groups is 1. The zero-order valence-corrected chi connectivity index (χ0v) is 14.1. The third-order valence-electron chi connectivity index (χ3n) is 3.18. The molecule has 0 aromatic carbocycles. The summed E-state index contributed by atoms with van der Waals surface area (Å²) >= 11 is 0. The molecule has 7 nitrogen and oxygen atoms in total. The summed E-state index contributed by atoms with van der Waals surface area (Å²) in [5.74, 6) is 0.0123. The molecule has 0 aliphatic rings. The molecular formula is C16H24N2O5. The Labute approximate surface area is 135 Å². The van der Waals surface area contributed by atoms with E-state index in [9.17, 15) is 14.4 Å². The van der Waals surface area contributed by atoms with Gasteiger partial charge in [-0.05, 0) is 18.4 Å². The summed E-state index contributed by atoms with van der Waals surface area (Å²) in [6.45, 7) is 5.36. The molecule has 0 aliphatic carbocycles. The quantitative estimate of drug-likeness (QED) is 0.400. The lowest BCUT2D eigenvalue weighted by Crippen LogP contribution is -2.37. The van der Waals surface area contributed by atoms with Gasteiger partial charge in [0.2, 0.25) is 0 Å². The summed E-state index contributed by atoms with van der Waals surface area (Å²) in [5.41, 5.74) is -0.651. The molecule has 0 N–H and O–H groups in total. The summed E-state index contributed by atoms with van der Waals surface area (Å²) in [4.78, 5) is 35.0. The molecule has 0 saturated carbocycles.